The molecule has 1 aromatic rings. The van der Waals surface area contributed by atoms with E-state index in [9.17, 15) is 8.42 Å². The van der Waals surface area contributed by atoms with E-state index in [1.54, 1.807) is 12.5 Å². The number of hydrogen-bond donors (Lipinski definition) is 0. The van der Waals surface area contributed by atoms with E-state index in [4.69, 9.17) is 4.42 Å². The van der Waals surface area contributed by atoms with Crippen LogP contribution >= 0.6 is 15.9 Å². The minimum Gasteiger partial charge on any atom is -0.472 e. The van der Waals surface area contributed by atoms with Crippen molar-refractivity contribution < 1.29 is 12.8 Å². The second kappa shape index (κ2) is 4.92. The van der Waals surface area contributed by atoms with Crippen LogP contribution in [0.1, 0.15) is 12.0 Å². The van der Waals surface area contributed by atoms with Gasteiger partial charge in [-0.2, -0.15) is 0 Å². The first-order valence-corrected chi connectivity index (χ1v) is 8.32. The Hall–Kier alpha value is -0.290. The highest BCUT2D eigenvalue weighted by Crippen LogP contribution is 2.29. The van der Waals surface area contributed by atoms with Gasteiger partial charge in [-0.15, -0.1) is 0 Å². The number of alkyl halides is 1. The zero-order valence-electron chi connectivity index (χ0n) is 8.93. The molecule has 2 rings (SSSR count). The van der Waals surface area contributed by atoms with Crippen LogP contribution in [0.3, 0.4) is 0 Å². The number of furan rings is 1. The van der Waals surface area contributed by atoms with Crippen LogP contribution in [0.15, 0.2) is 23.0 Å². The molecule has 90 valence electrons. The average molecular weight is 307 g/mol. The third-order valence-corrected chi connectivity index (χ3v) is 5.84. The van der Waals surface area contributed by atoms with Crippen LogP contribution in [0.5, 0.6) is 0 Å². The average Bonchev–Trinajstić information content (AvgIpc) is 2.83. The van der Waals surface area contributed by atoms with Gasteiger partial charge >= 0.3 is 0 Å². The first kappa shape index (κ1) is 12.2. The van der Waals surface area contributed by atoms with Crippen LogP contribution in [-0.2, 0) is 16.3 Å². The fourth-order valence-corrected chi connectivity index (χ4v) is 4.93. The van der Waals surface area contributed by atoms with Gasteiger partial charge in [0.25, 0.3) is 0 Å². The molecule has 1 aliphatic rings. The largest absolute Gasteiger partial charge is 0.472 e. The number of halogens is 1. The molecule has 2 heterocycles. The number of hydrogen-bond acceptors (Lipinski definition) is 3. The summed E-state index contributed by atoms with van der Waals surface area (Å²) >= 11 is 3.48. The summed E-state index contributed by atoms with van der Waals surface area (Å²) in [7, 11) is -2.77. The van der Waals surface area contributed by atoms with Crippen LogP contribution < -0.4 is 0 Å². The first-order chi connectivity index (χ1) is 7.61. The third-order valence-electron chi connectivity index (χ3n) is 3.21. The maximum absolute atomic E-state index is 11.4. The van der Waals surface area contributed by atoms with Crippen molar-refractivity contribution in [2.75, 3.05) is 16.8 Å². The molecule has 0 spiro atoms. The molecule has 0 radical (unpaired) electrons. The topological polar surface area (TPSA) is 47.3 Å². The molecule has 0 bridgehead atoms. The van der Waals surface area contributed by atoms with Crippen LogP contribution in [0.25, 0.3) is 0 Å². The number of sulfone groups is 1. The zero-order valence-corrected chi connectivity index (χ0v) is 11.3. The molecule has 1 aromatic heterocycles. The minimum absolute atomic E-state index is 0.291. The Morgan fingerprint density at radius 2 is 2.38 bits per heavy atom. The smallest absolute Gasteiger partial charge is 0.150 e. The molecule has 0 saturated carbocycles. The lowest BCUT2D eigenvalue weighted by atomic mass is 9.89. The van der Waals surface area contributed by atoms with Gasteiger partial charge in [0.15, 0.2) is 9.84 Å². The van der Waals surface area contributed by atoms with Gasteiger partial charge in [0.2, 0.25) is 0 Å². The second-order valence-electron chi connectivity index (χ2n) is 4.41. The van der Waals surface area contributed by atoms with Gasteiger partial charge < -0.3 is 4.42 Å². The van der Waals surface area contributed by atoms with Gasteiger partial charge in [0.05, 0.1) is 24.0 Å². The van der Waals surface area contributed by atoms with Crippen LogP contribution in [0.4, 0.5) is 0 Å². The van der Waals surface area contributed by atoms with Crippen LogP contribution in [0, 0.1) is 11.8 Å². The maximum atomic E-state index is 11.4. The van der Waals surface area contributed by atoms with Gasteiger partial charge in [-0.3, -0.25) is 0 Å². The Labute approximate surface area is 104 Å². The van der Waals surface area contributed by atoms with Gasteiger partial charge in [-0.1, -0.05) is 15.9 Å². The van der Waals surface area contributed by atoms with E-state index in [2.05, 4.69) is 15.9 Å². The van der Waals surface area contributed by atoms with Gasteiger partial charge in [0, 0.05) is 5.33 Å². The summed E-state index contributed by atoms with van der Waals surface area (Å²) in [4.78, 5) is 0. The van der Waals surface area contributed by atoms with Crippen LogP contribution in [0.2, 0.25) is 0 Å². The Kier molecular flexibility index (Phi) is 3.74. The van der Waals surface area contributed by atoms with Crippen molar-refractivity contribution in [2.45, 2.75) is 12.8 Å². The van der Waals surface area contributed by atoms with Gasteiger partial charge in [-0.05, 0) is 36.3 Å². The normalized spacial score (nSPS) is 25.7. The molecule has 16 heavy (non-hydrogen) atoms. The highest BCUT2D eigenvalue weighted by atomic mass is 79.9. The lowest BCUT2D eigenvalue weighted by Crippen LogP contribution is -2.19. The van der Waals surface area contributed by atoms with Crippen molar-refractivity contribution in [3.63, 3.8) is 0 Å². The summed E-state index contributed by atoms with van der Waals surface area (Å²) in [6.07, 6.45) is 5.09. The summed E-state index contributed by atoms with van der Waals surface area (Å²) in [6, 6.07) is 1.94. The van der Waals surface area contributed by atoms with Gasteiger partial charge in [0.1, 0.15) is 0 Å². The van der Waals surface area contributed by atoms with Crippen molar-refractivity contribution in [2.24, 2.45) is 11.8 Å². The molecular formula is C11H15BrO3S. The highest BCUT2D eigenvalue weighted by Gasteiger charge is 2.33. The summed E-state index contributed by atoms with van der Waals surface area (Å²) in [6.45, 7) is 0. The fourth-order valence-electron chi connectivity index (χ4n) is 2.25. The van der Waals surface area contributed by atoms with Crippen molar-refractivity contribution >= 4 is 25.8 Å². The summed E-state index contributed by atoms with van der Waals surface area (Å²) in [5.41, 5.74) is 1.15. The molecule has 0 amide bonds. The summed E-state index contributed by atoms with van der Waals surface area (Å²) in [5.74, 6) is 1.38. The quantitative estimate of drug-likeness (QED) is 0.802. The van der Waals surface area contributed by atoms with E-state index >= 15 is 0 Å². The van der Waals surface area contributed by atoms with E-state index in [0.717, 1.165) is 23.7 Å². The third kappa shape index (κ3) is 2.88. The zero-order chi connectivity index (χ0) is 11.6. The SMILES string of the molecule is O=S1(=O)CCC(C(CBr)Cc2ccoc2)C1. The molecule has 3 nitrogen and oxygen atoms in total. The Morgan fingerprint density at radius 3 is 2.88 bits per heavy atom. The molecule has 1 saturated heterocycles. The lowest BCUT2D eigenvalue weighted by molar-refractivity contribution is 0.400. The minimum atomic E-state index is -2.77. The van der Waals surface area contributed by atoms with E-state index in [0.29, 0.717) is 23.3 Å². The van der Waals surface area contributed by atoms with Crippen molar-refractivity contribution in [1.29, 1.82) is 0 Å². The molecule has 1 aliphatic heterocycles. The summed E-state index contributed by atoms with van der Waals surface area (Å²) < 4.78 is 27.9. The maximum Gasteiger partial charge on any atom is 0.150 e. The Morgan fingerprint density at radius 1 is 1.56 bits per heavy atom. The standard InChI is InChI=1S/C11H15BrO3S/c12-6-11(5-9-1-3-15-7-9)10-2-4-16(13,14)8-10/h1,3,7,10-11H,2,4-6,8H2. The van der Waals surface area contributed by atoms with Crippen molar-refractivity contribution in [1.82, 2.24) is 0 Å². The monoisotopic (exact) mass is 306 g/mol. The molecule has 2 unspecified atom stereocenters. The van der Waals surface area contributed by atoms with E-state index in [1.165, 1.54) is 0 Å². The van der Waals surface area contributed by atoms with Crippen LogP contribution in [-0.4, -0.2) is 25.3 Å². The molecule has 2 atom stereocenters. The van der Waals surface area contributed by atoms with Gasteiger partial charge in [-0.25, -0.2) is 8.42 Å². The highest BCUT2D eigenvalue weighted by molar-refractivity contribution is 9.09. The second-order valence-corrected chi connectivity index (χ2v) is 7.29. The molecule has 0 aliphatic carbocycles. The molecular weight excluding hydrogens is 292 g/mol. The predicted octanol–water partition coefficient (Wildman–Crippen LogP) is 2.27. The fraction of sp³-hybridized carbons (Fsp3) is 0.636. The van der Waals surface area contributed by atoms with Crippen molar-refractivity contribution in [3.8, 4) is 0 Å². The van der Waals surface area contributed by atoms with Crippen molar-refractivity contribution in [3.05, 3.63) is 24.2 Å². The number of rotatable bonds is 4. The molecule has 5 heteroatoms. The molecule has 1 fully saturated rings. The first-order valence-electron chi connectivity index (χ1n) is 5.38. The summed E-state index contributed by atoms with van der Waals surface area (Å²) in [5, 5.41) is 0.846. The molecule has 0 aromatic carbocycles. The Bertz CT molecular complexity index is 424. The van der Waals surface area contributed by atoms with E-state index in [1.807, 2.05) is 6.07 Å². The Balaban J connectivity index is 2.01. The van der Waals surface area contributed by atoms with E-state index < -0.39 is 9.84 Å². The lowest BCUT2D eigenvalue weighted by Gasteiger charge is -2.19. The van der Waals surface area contributed by atoms with E-state index in [-0.39, 0.29) is 0 Å². The predicted molar refractivity (Wildman–Crippen MR) is 66.5 cm³/mol. The molecule has 0 N–H and O–H groups in total.